The highest BCUT2D eigenvalue weighted by molar-refractivity contribution is 8.01. The number of thioether (sulfide) groups is 1. The molecular weight excluding hydrogens is 380 g/mol. The fourth-order valence-corrected chi connectivity index (χ4v) is 6.79. The van der Waals surface area contributed by atoms with E-state index in [0.717, 1.165) is 22.6 Å². The number of para-hydroxylation sites is 3. The van der Waals surface area contributed by atoms with Crippen LogP contribution in [0.25, 0.3) is 11.1 Å². The summed E-state index contributed by atoms with van der Waals surface area (Å²) in [6, 6.07) is 21.7. The van der Waals surface area contributed by atoms with Gasteiger partial charge in [-0.25, -0.2) is 0 Å². The Labute approximate surface area is 173 Å². The number of fused-ring (bicyclic) bond motifs is 6. The lowest BCUT2D eigenvalue weighted by Crippen LogP contribution is -2.38. The molecule has 4 heteroatoms. The molecule has 0 saturated carbocycles. The minimum Gasteiger partial charge on any atom is -0.397 e. The zero-order valence-electron chi connectivity index (χ0n) is 15.1. The molecule has 0 fully saturated rings. The second-order valence-corrected chi connectivity index (χ2v) is 9.65. The number of allylic oxidation sites excluding steroid dienone is 2. The molecule has 2 nitrogen and oxygen atoms in total. The number of benzene rings is 3. The van der Waals surface area contributed by atoms with Crippen LogP contribution in [0.4, 0.5) is 17.1 Å². The van der Waals surface area contributed by atoms with Crippen LogP contribution in [0.15, 0.2) is 99.7 Å². The van der Waals surface area contributed by atoms with Crippen molar-refractivity contribution in [2.45, 2.75) is 26.0 Å². The summed E-state index contributed by atoms with van der Waals surface area (Å²) < 4.78 is 0. The number of hydrogen-bond acceptors (Lipinski definition) is 4. The highest BCUT2D eigenvalue weighted by atomic mass is 32.2. The third-order valence-electron chi connectivity index (χ3n) is 5.58. The average molecular weight is 399 g/mol. The van der Waals surface area contributed by atoms with Gasteiger partial charge in [0.05, 0.1) is 17.1 Å². The lowest BCUT2D eigenvalue weighted by Gasteiger charge is -2.38. The predicted octanol–water partition coefficient (Wildman–Crippen LogP) is 6.86. The van der Waals surface area contributed by atoms with Gasteiger partial charge in [0.25, 0.3) is 0 Å². The van der Waals surface area contributed by atoms with Crippen molar-refractivity contribution >= 4 is 40.6 Å². The number of nitrogens with zero attached hydrogens (tertiary/aromatic N) is 1. The van der Waals surface area contributed by atoms with E-state index in [0.29, 0.717) is 0 Å². The molecule has 2 bridgehead atoms. The van der Waals surface area contributed by atoms with Gasteiger partial charge in [-0.15, -0.1) is 0 Å². The standard InChI is InChI=1S/C24H18N2S2/c25-22-16-8-6-12-20(22)27-19-11-3-2-10-18(19)26-23-17(16)9-7-13-21(23)28-24(26)14-4-1-5-15-24/h1-14H,15,25H2. The SMILES string of the molecule is Nc1c2cccc1-c1cccc3c1N(c1ccccc1S2)C1(C=CC=CC1)S3. The molecule has 1 aliphatic carbocycles. The molecular formula is C24H18N2S2. The fraction of sp³-hybridized carbons (Fsp3) is 0.0833. The quantitative estimate of drug-likeness (QED) is 0.419. The van der Waals surface area contributed by atoms with Crippen molar-refractivity contribution < 1.29 is 0 Å². The van der Waals surface area contributed by atoms with Gasteiger partial charge in [-0.3, -0.25) is 0 Å². The highest BCUT2D eigenvalue weighted by Gasteiger charge is 2.46. The molecule has 3 aromatic carbocycles. The summed E-state index contributed by atoms with van der Waals surface area (Å²) in [6.45, 7) is 0. The first kappa shape index (κ1) is 16.4. The summed E-state index contributed by atoms with van der Waals surface area (Å²) in [6.07, 6.45) is 9.91. The van der Waals surface area contributed by atoms with Crippen molar-refractivity contribution in [3.8, 4) is 11.1 Å². The third-order valence-corrected chi connectivity index (χ3v) is 8.11. The molecule has 3 aliphatic rings. The molecule has 0 aromatic heterocycles. The topological polar surface area (TPSA) is 29.3 Å². The molecule has 2 N–H and O–H groups in total. The minimum absolute atomic E-state index is 0.143. The maximum Gasteiger partial charge on any atom is 0.118 e. The van der Waals surface area contributed by atoms with E-state index < -0.39 is 0 Å². The number of nitrogen functional groups attached to an aromatic ring is 1. The fourth-order valence-electron chi connectivity index (χ4n) is 4.35. The predicted molar refractivity (Wildman–Crippen MR) is 120 cm³/mol. The van der Waals surface area contributed by atoms with Gasteiger partial charge < -0.3 is 10.6 Å². The Morgan fingerprint density at radius 2 is 1.61 bits per heavy atom. The summed E-state index contributed by atoms with van der Waals surface area (Å²) in [5.74, 6) is 0. The van der Waals surface area contributed by atoms with Crippen LogP contribution in [0.5, 0.6) is 0 Å². The molecule has 0 saturated heterocycles. The smallest absolute Gasteiger partial charge is 0.118 e. The van der Waals surface area contributed by atoms with Gasteiger partial charge in [0, 0.05) is 32.2 Å². The Hall–Kier alpha value is -2.56. The Balaban J connectivity index is 1.74. The molecule has 3 aromatic rings. The van der Waals surface area contributed by atoms with Crippen LogP contribution < -0.4 is 10.6 Å². The summed E-state index contributed by atoms with van der Waals surface area (Å²) >= 11 is 3.71. The molecule has 1 spiro atoms. The summed E-state index contributed by atoms with van der Waals surface area (Å²) in [7, 11) is 0. The third kappa shape index (κ3) is 2.19. The lowest BCUT2D eigenvalue weighted by atomic mass is 9.98. The van der Waals surface area contributed by atoms with Crippen LogP contribution >= 0.6 is 23.5 Å². The molecule has 0 radical (unpaired) electrons. The van der Waals surface area contributed by atoms with Crippen molar-refractivity contribution in [1.82, 2.24) is 0 Å². The Morgan fingerprint density at radius 3 is 2.46 bits per heavy atom. The summed E-state index contributed by atoms with van der Waals surface area (Å²) in [5, 5.41) is 0. The number of nitrogens with two attached hydrogens (primary N) is 1. The first-order valence-corrected chi connectivity index (χ1v) is 11.0. The maximum absolute atomic E-state index is 6.67. The van der Waals surface area contributed by atoms with Crippen molar-refractivity contribution in [3.05, 3.63) is 85.0 Å². The van der Waals surface area contributed by atoms with Gasteiger partial charge in [0.1, 0.15) is 4.87 Å². The normalized spacial score (nSPS) is 21.1. The molecule has 1 atom stereocenters. The monoisotopic (exact) mass is 398 g/mol. The van der Waals surface area contributed by atoms with Crippen molar-refractivity contribution in [1.29, 1.82) is 0 Å². The van der Waals surface area contributed by atoms with Crippen molar-refractivity contribution in [3.63, 3.8) is 0 Å². The average Bonchev–Trinajstić information content (AvgIpc) is 3.03. The molecule has 2 heterocycles. The van der Waals surface area contributed by atoms with Crippen LogP contribution in [0.2, 0.25) is 0 Å². The van der Waals surface area contributed by atoms with E-state index in [4.69, 9.17) is 5.73 Å². The van der Waals surface area contributed by atoms with E-state index in [-0.39, 0.29) is 4.87 Å². The number of hydrogen-bond donors (Lipinski definition) is 1. The zero-order chi connectivity index (χ0) is 18.7. The van der Waals surface area contributed by atoms with E-state index in [1.165, 1.54) is 26.7 Å². The Kier molecular flexibility index (Phi) is 3.49. The Morgan fingerprint density at radius 1 is 0.821 bits per heavy atom. The van der Waals surface area contributed by atoms with E-state index in [1.54, 1.807) is 11.8 Å². The van der Waals surface area contributed by atoms with E-state index in [9.17, 15) is 0 Å². The maximum atomic E-state index is 6.67. The van der Waals surface area contributed by atoms with Gasteiger partial charge in [-0.2, -0.15) is 0 Å². The van der Waals surface area contributed by atoms with Gasteiger partial charge in [0.2, 0.25) is 0 Å². The summed E-state index contributed by atoms with van der Waals surface area (Å²) in [4.78, 5) is 6.06. The molecule has 6 rings (SSSR count). The van der Waals surface area contributed by atoms with Crippen LogP contribution in [-0.4, -0.2) is 4.87 Å². The van der Waals surface area contributed by atoms with Crippen LogP contribution in [0.1, 0.15) is 6.42 Å². The molecule has 2 aliphatic heterocycles. The Bertz CT molecular complexity index is 1180. The summed E-state index contributed by atoms with van der Waals surface area (Å²) in [5.41, 5.74) is 12.4. The van der Waals surface area contributed by atoms with Crippen LogP contribution in [0, 0.1) is 0 Å². The number of anilines is 3. The van der Waals surface area contributed by atoms with Gasteiger partial charge in [-0.05, 0) is 30.3 Å². The molecule has 1 unspecified atom stereocenters. The van der Waals surface area contributed by atoms with Crippen LogP contribution in [-0.2, 0) is 0 Å². The number of rotatable bonds is 0. The largest absolute Gasteiger partial charge is 0.397 e. The van der Waals surface area contributed by atoms with Gasteiger partial charge >= 0.3 is 0 Å². The van der Waals surface area contributed by atoms with E-state index in [1.807, 2.05) is 11.8 Å². The molecule has 0 amide bonds. The zero-order valence-corrected chi connectivity index (χ0v) is 16.8. The van der Waals surface area contributed by atoms with Gasteiger partial charge in [-0.1, -0.05) is 78.2 Å². The second kappa shape index (κ2) is 5.97. The lowest BCUT2D eigenvalue weighted by molar-refractivity contribution is 0.732. The molecule has 28 heavy (non-hydrogen) atoms. The second-order valence-electron chi connectivity index (χ2n) is 7.21. The van der Waals surface area contributed by atoms with Gasteiger partial charge in [0.15, 0.2) is 0 Å². The van der Waals surface area contributed by atoms with Crippen molar-refractivity contribution in [2.24, 2.45) is 0 Å². The van der Waals surface area contributed by atoms with Crippen molar-refractivity contribution in [2.75, 3.05) is 10.6 Å². The van der Waals surface area contributed by atoms with Crippen LogP contribution in [0.3, 0.4) is 0 Å². The minimum atomic E-state index is -0.143. The molecule has 136 valence electrons. The van der Waals surface area contributed by atoms with E-state index >= 15 is 0 Å². The first-order chi connectivity index (χ1) is 13.8. The highest BCUT2D eigenvalue weighted by Crippen LogP contribution is 2.62. The van der Waals surface area contributed by atoms with E-state index in [2.05, 4.69) is 89.9 Å². The first-order valence-electron chi connectivity index (χ1n) is 9.39.